The van der Waals surface area contributed by atoms with Gasteiger partial charge in [-0.05, 0) is 36.4 Å². The van der Waals surface area contributed by atoms with Crippen molar-refractivity contribution in [2.45, 2.75) is 26.2 Å². The molecular formula is C24H28N6O3. The van der Waals surface area contributed by atoms with E-state index in [0.717, 1.165) is 28.2 Å². The monoisotopic (exact) mass is 448 g/mol. The number of nitrogens with zero attached hydrogens (tertiary/aromatic N) is 3. The zero-order chi connectivity index (χ0) is 23.4. The second kappa shape index (κ2) is 9.33. The standard InChI is InChI=1S/C24H28N6O3/c1-24(2,3)21-14-22(29-28-21)27-23(31)26-16-5-7-17(8-6-16)30-15-25-19-10-9-18(13-20(19)30)33-12-11-32-4/h5-10,13-15H,11-12H2,1-4H3,(H3,26,27,28,29,31). The van der Waals surface area contributed by atoms with Gasteiger partial charge in [0, 0.05) is 41.7 Å². The van der Waals surface area contributed by atoms with Gasteiger partial charge in [-0.1, -0.05) is 20.8 Å². The number of amides is 2. The molecule has 9 nitrogen and oxygen atoms in total. The van der Waals surface area contributed by atoms with Crippen LogP contribution in [0.5, 0.6) is 5.75 Å². The minimum Gasteiger partial charge on any atom is -0.491 e. The van der Waals surface area contributed by atoms with E-state index in [4.69, 9.17) is 9.47 Å². The summed E-state index contributed by atoms with van der Waals surface area (Å²) >= 11 is 0. The third-order valence-electron chi connectivity index (χ3n) is 5.11. The molecule has 0 aliphatic rings. The molecule has 0 saturated carbocycles. The number of aromatic nitrogens is 4. The first-order valence-electron chi connectivity index (χ1n) is 10.7. The molecule has 0 unspecified atom stereocenters. The highest BCUT2D eigenvalue weighted by Crippen LogP contribution is 2.25. The summed E-state index contributed by atoms with van der Waals surface area (Å²) in [6.07, 6.45) is 1.77. The van der Waals surface area contributed by atoms with E-state index in [2.05, 4.69) is 46.6 Å². The lowest BCUT2D eigenvalue weighted by molar-refractivity contribution is 0.146. The van der Waals surface area contributed by atoms with Gasteiger partial charge in [0.05, 0.1) is 17.6 Å². The fourth-order valence-electron chi connectivity index (χ4n) is 3.28. The molecule has 2 aromatic heterocycles. The predicted octanol–water partition coefficient (Wildman–Crippen LogP) is 4.72. The average molecular weight is 449 g/mol. The van der Waals surface area contributed by atoms with E-state index in [-0.39, 0.29) is 11.4 Å². The third kappa shape index (κ3) is 5.32. The number of fused-ring (bicyclic) bond motifs is 1. The Bertz CT molecular complexity index is 1240. The Balaban J connectivity index is 1.43. The fourth-order valence-corrected chi connectivity index (χ4v) is 3.28. The maximum Gasteiger partial charge on any atom is 0.324 e. The van der Waals surface area contributed by atoms with Crippen LogP contribution >= 0.6 is 0 Å². The number of H-pyrrole nitrogens is 1. The Morgan fingerprint density at radius 1 is 1.06 bits per heavy atom. The minimum atomic E-state index is -0.361. The average Bonchev–Trinajstić information content (AvgIpc) is 3.41. The molecule has 0 bridgehead atoms. The van der Waals surface area contributed by atoms with Crippen LogP contribution in [0.1, 0.15) is 26.5 Å². The maximum absolute atomic E-state index is 12.4. The fraction of sp³-hybridized carbons (Fsp3) is 0.292. The van der Waals surface area contributed by atoms with Gasteiger partial charge in [-0.15, -0.1) is 0 Å². The van der Waals surface area contributed by atoms with Gasteiger partial charge in [0.1, 0.15) is 18.7 Å². The van der Waals surface area contributed by atoms with Crippen molar-refractivity contribution >= 4 is 28.6 Å². The number of aromatic amines is 1. The molecule has 4 rings (SSSR count). The summed E-state index contributed by atoms with van der Waals surface area (Å²) in [4.78, 5) is 16.8. The summed E-state index contributed by atoms with van der Waals surface area (Å²) in [6, 6.07) is 14.8. The van der Waals surface area contributed by atoms with Crippen LogP contribution in [0.2, 0.25) is 0 Å². The van der Waals surface area contributed by atoms with Crippen LogP contribution in [-0.2, 0) is 10.2 Å². The van der Waals surface area contributed by atoms with Crippen LogP contribution in [0.3, 0.4) is 0 Å². The number of hydrogen-bond acceptors (Lipinski definition) is 5. The summed E-state index contributed by atoms with van der Waals surface area (Å²) < 4.78 is 12.7. The molecule has 2 heterocycles. The van der Waals surface area contributed by atoms with Gasteiger partial charge in [-0.3, -0.25) is 15.0 Å². The van der Waals surface area contributed by atoms with Crippen molar-refractivity contribution in [2.75, 3.05) is 31.0 Å². The number of imidazole rings is 1. The molecule has 0 aliphatic carbocycles. The molecule has 33 heavy (non-hydrogen) atoms. The van der Waals surface area contributed by atoms with Gasteiger partial charge in [0.25, 0.3) is 0 Å². The molecule has 9 heteroatoms. The Morgan fingerprint density at radius 2 is 1.85 bits per heavy atom. The number of nitrogens with one attached hydrogen (secondary N) is 3. The van der Waals surface area contributed by atoms with Crippen molar-refractivity contribution in [3.8, 4) is 11.4 Å². The Hall–Kier alpha value is -3.85. The van der Waals surface area contributed by atoms with Gasteiger partial charge in [0.15, 0.2) is 5.82 Å². The van der Waals surface area contributed by atoms with Crippen LogP contribution < -0.4 is 15.4 Å². The lowest BCUT2D eigenvalue weighted by atomic mass is 9.92. The number of anilines is 2. The molecule has 0 aliphatic heterocycles. The van der Waals surface area contributed by atoms with Crippen molar-refractivity contribution in [1.29, 1.82) is 0 Å². The number of benzene rings is 2. The van der Waals surface area contributed by atoms with Gasteiger partial charge in [-0.2, -0.15) is 5.10 Å². The summed E-state index contributed by atoms with van der Waals surface area (Å²) in [7, 11) is 1.64. The second-order valence-electron chi connectivity index (χ2n) is 8.65. The molecule has 0 saturated heterocycles. The Labute approximate surface area is 192 Å². The molecule has 3 N–H and O–H groups in total. The van der Waals surface area contributed by atoms with Gasteiger partial charge >= 0.3 is 6.03 Å². The minimum absolute atomic E-state index is 0.0759. The first-order valence-corrected chi connectivity index (χ1v) is 10.7. The number of carbonyl (C=O) groups excluding carboxylic acids is 1. The lowest BCUT2D eigenvalue weighted by Gasteiger charge is -2.14. The summed E-state index contributed by atoms with van der Waals surface area (Å²) in [5.41, 5.74) is 4.24. The van der Waals surface area contributed by atoms with E-state index in [9.17, 15) is 4.79 Å². The molecule has 2 aromatic carbocycles. The quantitative estimate of drug-likeness (QED) is 0.355. The van der Waals surface area contributed by atoms with E-state index < -0.39 is 0 Å². The number of carbonyl (C=O) groups is 1. The van der Waals surface area contributed by atoms with Crippen LogP contribution in [0, 0.1) is 0 Å². The van der Waals surface area contributed by atoms with Gasteiger partial charge < -0.3 is 14.8 Å². The van der Waals surface area contributed by atoms with Crippen LogP contribution in [0.15, 0.2) is 54.9 Å². The zero-order valence-corrected chi connectivity index (χ0v) is 19.2. The predicted molar refractivity (Wildman–Crippen MR) is 128 cm³/mol. The molecule has 0 radical (unpaired) electrons. The number of urea groups is 1. The number of methoxy groups -OCH3 is 1. The Morgan fingerprint density at radius 3 is 2.55 bits per heavy atom. The molecule has 4 aromatic rings. The first kappa shape index (κ1) is 22.3. The molecule has 0 fully saturated rings. The van der Waals surface area contributed by atoms with Crippen LogP contribution in [0.4, 0.5) is 16.3 Å². The SMILES string of the molecule is COCCOc1ccc2ncn(-c3ccc(NC(=O)Nc4cc(C(C)(C)C)[nH]n4)cc3)c2c1. The highest BCUT2D eigenvalue weighted by Gasteiger charge is 2.17. The molecule has 172 valence electrons. The van der Waals surface area contributed by atoms with Gasteiger partial charge in [-0.25, -0.2) is 9.78 Å². The highest BCUT2D eigenvalue weighted by molar-refractivity contribution is 5.99. The van der Waals surface area contributed by atoms with Crippen molar-refractivity contribution in [3.63, 3.8) is 0 Å². The number of hydrogen-bond donors (Lipinski definition) is 3. The number of rotatable bonds is 7. The van der Waals surface area contributed by atoms with E-state index >= 15 is 0 Å². The summed E-state index contributed by atoms with van der Waals surface area (Å²) in [5.74, 6) is 1.23. The largest absolute Gasteiger partial charge is 0.491 e. The maximum atomic E-state index is 12.4. The molecular weight excluding hydrogens is 420 g/mol. The van der Waals surface area contributed by atoms with Crippen molar-refractivity contribution in [3.05, 3.63) is 60.6 Å². The molecule has 2 amide bonds. The van der Waals surface area contributed by atoms with E-state index in [1.807, 2.05) is 53.1 Å². The van der Waals surface area contributed by atoms with Crippen LogP contribution in [-0.4, -0.2) is 46.1 Å². The summed E-state index contributed by atoms with van der Waals surface area (Å²) in [5, 5.41) is 12.7. The van der Waals surface area contributed by atoms with E-state index in [0.29, 0.717) is 24.7 Å². The zero-order valence-electron chi connectivity index (χ0n) is 19.2. The van der Waals surface area contributed by atoms with Crippen LogP contribution in [0.25, 0.3) is 16.7 Å². The second-order valence-corrected chi connectivity index (χ2v) is 8.65. The smallest absolute Gasteiger partial charge is 0.324 e. The first-order chi connectivity index (χ1) is 15.8. The van der Waals surface area contributed by atoms with E-state index in [1.54, 1.807) is 13.4 Å². The normalized spacial score (nSPS) is 11.5. The summed E-state index contributed by atoms with van der Waals surface area (Å²) in [6.45, 7) is 7.23. The highest BCUT2D eigenvalue weighted by atomic mass is 16.5. The van der Waals surface area contributed by atoms with E-state index in [1.165, 1.54) is 0 Å². The molecule has 0 spiro atoms. The Kier molecular flexibility index (Phi) is 6.32. The topological polar surface area (TPSA) is 106 Å². The molecule has 0 atom stereocenters. The van der Waals surface area contributed by atoms with Crippen molar-refractivity contribution in [2.24, 2.45) is 0 Å². The van der Waals surface area contributed by atoms with Crippen molar-refractivity contribution in [1.82, 2.24) is 19.7 Å². The van der Waals surface area contributed by atoms with Gasteiger partial charge in [0.2, 0.25) is 0 Å². The number of ether oxygens (including phenoxy) is 2. The lowest BCUT2D eigenvalue weighted by Crippen LogP contribution is -2.19. The van der Waals surface area contributed by atoms with Crippen molar-refractivity contribution < 1.29 is 14.3 Å². The third-order valence-corrected chi connectivity index (χ3v) is 5.11.